The molecule has 286 valence electrons. The third-order valence-electron chi connectivity index (χ3n) is 11.9. The van der Waals surface area contributed by atoms with Crippen LogP contribution in [-0.4, -0.2) is 135 Å². The number of hydrogen-bond donors (Lipinski definition) is 1. The number of nitrogens with zero attached hydrogens (tertiary/aromatic N) is 3. The van der Waals surface area contributed by atoms with Crippen LogP contribution in [0.1, 0.15) is 113 Å². The van der Waals surface area contributed by atoms with Crippen LogP contribution in [0.4, 0.5) is 0 Å². The van der Waals surface area contributed by atoms with Gasteiger partial charge in [0.2, 0.25) is 0 Å². The molecule has 10 heteroatoms. The maximum atomic E-state index is 14.3. The van der Waals surface area contributed by atoms with Crippen molar-refractivity contribution in [1.82, 2.24) is 14.7 Å². The topological polar surface area (TPSA) is 101 Å². The van der Waals surface area contributed by atoms with Gasteiger partial charge in [-0.2, -0.15) is 0 Å². The van der Waals surface area contributed by atoms with Crippen LogP contribution in [0, 0.1) is 23.2 Å². The van der Waals surface area contributed by atoms with E-state index in [0.717, 1.165) is 38.9 Å². The number of unbranched alkanes of at least 4 members (excludes halogenated alkanes) is 4. The molecule has 0 amide bonds. The molecular weight excluding hydrogens is 622 g/mol. The quantitative estimate of drug-likeness (QED) is 0.163. The van der Waals surface area contributed by atoms with Crippen molar-refractivity contribution in [3.63, 3.8) is 0 Å². The van der Waals surface area contributed by atoms with Gasteiger partial charge in [-0.15, -0.1) is 0 Å². The molecular formula is C39H73N3O7. The smallest absolute Gasteiger partial charge is 0.319 e. The Morgan fingerprint density at radius 3 is 2.29 bits per heavy atom. The summed E-state index contributed by atoms with van der Waals surface area (Å²) in [6, 6.07) is -0.112. The van der Waals surface area contributed by atoms with Crippen molar-refractivity contribution in [1.29, 1.82) is 0 Å². The highest BCUT2D eigenvalue weighted by Crippen LogP contribution is 2.38. The molecule has 0 spiro atoms. The van der Waals surface area contributed by atoms with Gasteiger partial charge in [0.25, 0.3) is 0 Å². The van der Waals surface area contributed by atoms with E-state index in [1.54, 1.807) is 27.9 Å². The van der Waals surface area contributed by atoms with Crippen molar-refractivity contribution in [2.24, 2.45) is 23.2 Å². The molecule has 3 fully saturated rings. The number of Topliss-reactive ketones (excluding diaryl/α,β-unsaturated/α-hetero) is 1. The summed E-state index contributed by atoms with van der Waals surface area (Å²) in [5, 5.41) is 11.4. The Morgan fingerprint density at radius 2 is 1.67 bits per heavy atom. The number of methoxy groups -OCH3 is 1. The van der Waals surface area contributed by atoms with E-state index in [9.17, 15) is 14.7 Å². The normalized spacial score (nSPS) is 36.6. The highest BCUT2D eigenvalue weighted by atomic mass is 16.7. The first-order valence-electron chi connectivity index (χ1n) is 19.4. The van der Waals surface area contributed by atoms with Crippen molar-refractivity contribution in [3.8, 4) is 0 Å². The average Bonchev–Trinajstić information content (AvgIpc) is 3.05. The SMILES string of the molecule is CCCCCCCN1CCC(C[C@H]2COC(=O)C(C)(C)C(=O)[C@H](C)[C@@H](O[C@@H]3O[C@H](C)C[C@H](N(C)C)[C@H]3O)[C@](C)(OC)C[C@@H](C)CN2C)CC1. The Morgan fingerprint density at radius 1 is 1.02 bits per heavy atom. The highest BCUT2D eigenvalue weighted by Gasteiger charge is 2.51. The lowest BCUT2D eigenvalue weighted by atomic mass is 9.74. The largest absolute Gasteiger partial charge is 0.463 e. The Bertz CT molecular complexity index is 1020. The lowest BCUT2D eigenvalue weighted by Crippen LogP contribution is -2.59. The molecule has 49 heavy (non-hydrogen) atoms. The number of likely N-dealkylation sites (N-methyl/N-ethyl adjacent to an activating group) is 2. The fraction of sp³-hybridized carbons (Fsp3) is 0.949. The number of carbonyl (C=O) groups excluding carboxylic acids is 2. The predicted octanol–water partition coefficient (Wildman–Crippen LogP) is 5.39. The Hall–Kier alpha value is -1.14. The molecule has 0 radical (unpaired) electrons. The monoisotopic (exact) mass is 696 g/mol. The van der Waals surface area contributed by atoms with Gasteiger partial charge in [-0.1, -0.05) is 46.5 Å². The summed E-state index contributed by atoms with van der Waals surface area (Å²) >= 11 is 0. The van der Waals surface area contributed by atoms with Gasteiger partial charge < -0.3 is 33.9 Å². The molecule has 3 heterocycles. The number of aliphatic hydroxyl groups is 1. The number of ketones is 1. The van der Waals surface area contributed by atoms with E-state index in [2.05, 4.69) is 30.7 Å². The highest BCUT2D eigenvalue weighted by molar-refractivity contribution is 6.04. The number of carbonyl (C=O) groups is 2. The summed E-state index contributed by atoms with van der Waals surface area (Å²) in [6.45, 7) is 18.0. The molecule has 3 aliphatic rings. The minimum atomic E-state index is -1.40. The number of likely N-dealkylation sites (tertiary alicyclic amines) is 1. The molecule has 0 aromatic rings. The van der Waals surface area contributed by atoms with Crippen molar-refractivity contribution < 1.29 is 33.6 Å². The van der Waals surface area contributed by atoms with E-state index >= 15 is 0 Å². The van der Waals surface area contributed by atoms with Crippen molar-refractivity contribution in [2.75, 3.05) is 61.0 Å². The van der Waals surface area contributed by atoms with Gasteiger partial charge in [-0.3, -0.25) is 14.5 Å². The van der Waals surface area contributed by atoms with E-state index in [4.69, 9.17) is 18.9 Å². The number of piperidine rings is 1. The van der Waals surface area contributed by atoms with Gasteiger partial charge in [0, 0.05) is 31.7 Å². The first kappa shape index (κ1) is 42.3. The van der Waals surface area contributed by atoms with Crippen molar-refractivity contribution in [2.45, 2.75) is 155 Å². The summed E-state index contributed by atoms with van der Waals surface area (Å²) in [5.74, 6) is -0.777. The maximum Gasteiger partial charge on any atom is 0.319 e. The summed E-state index contributed by atoms with van der Waals surface area (Å²) in [5.41, 5.74) is -2.30. The van der Waals surface area contributed by atoms with Gasteiger partial charge in [-0.05, 0) is 119 Å². The van der Waals surface area contributed by atoms with Crippen LogP contribution in [0.3, 0.4) is 0 Å². The Labute approximate surface area is 298 Å². The molecule has 0 bridgehead atoms. The molecule has 0 aromatic heterocycles. The second-order valence-corrected chi connectivity index (χ2v) is 16.9. The van der Waals surface area contributed by atoms with Gasteiger partial charge in [0.1, 0.15) is 18.1 Å². The fourth-order valence-corrected chi connectivity index (χ4v) is 8.61. The van der Waals surface area contributed by atoms with E-state index in [1.807, 2.05) is 32.8 Å². The van der Waals surface area contributed by atoms with E-state index < -0.39 is 41.4 Å². The van der Waals surface area contributed by atoms with Gasteiger partial charge in [0.05, 0.1) is 17.8 Å². The number of esters is 1. The van der Waals surface area contributed by atoms with Crippen LogP contribution in [0.2, 0.25) is 0 Å². The zero-order valence-electron chi connectivity index (χ0n) is 33.0. The van der Waals surface area contributed by atoms with Crippen molar-refractivity contribution in [3.05, 3.63) is 0 Å². The summed E-state index contributed by atoms with van der Waals surface area (Å²) in [6.07, 6.45) is 8.32. The molecule has 3 aliphatic heterocycles. The zero-order chi connectivity index (χ0) is 36.5. The van der Waals surface area contributed by atoms with Crippen LogP contribution in [0.5, 0.6) is 0 Å². The molecule has 10 nitrogen and oxygen atoms in total. The lowest BCUT2D eigenvalue weighted by molar-refractivity contribution is -0.295. The van der Waals surface area contributed by atoms with Crippen molar-refractivity contribution >= 4 is 11.8 Å². The Kier molecular flexibility index (Phi) is 16.5. The number of hydrogen-bond acceptors (Lipinski definition) is 10. The molecule has 3 saturated heterocycles. The van der Waals surface area contributed by atoms with E-state index in [1.165, 1.54) is 38.6 Å². The summed E-state index contributed by atoms with van der Waals surface area (Å²) in [7, 11) is 7.66. The first-order chi connectivity index (χ1) is 23.0. The van der Waals surface area contributed by atoms with Gasteiger partial charge in [-0.25, -0.2) is 0 Å². The number of ether oxygens (including phenoxy) is 4. The number of cyclic esters (lactones) is 1. The minimum Gasteiger partial charge on any atom is -0.463 e. The van der Waals surface area contributed by atoms with Crippen LogP contribution < -0.4 is 0 Å². The molecule has 3 rings (SSSR count). The molecule has 9 atom stereocenters. The summed E-state index contributed by atoms with van der Waals surface area (Å²) in [4.78, 5) is 35.0. The Balaban J connectivity index is 1.80. The molecule has 0 aromatic carbocycles. The van der Waals surface area contributed by atoms with Gasteiger partial charge in [0.15, 0.2) is 12.1 Å². The van der Waals surface area contributed by atoms with Crippen LogP contribution in [0.25, 0.3) is 0 Å². The standard InChI is InChI=1S/C39H73N3O7/c1-12-13-14-15-16-19-42-20-17-30(18-21-42)23-31-26-47-37(45)38(5,6)34(44)29(4)35(39(7,46-11)24-27(2)25-41(31)10)49-36-33(43)32(40(8)9)22-28(3)48-36/h27-33,35-36,43H,12-26H2,1-11H3/t27-,28-,29+,31+,32+,33-,35-,36+,39-/m1/s1. The average molecular weight is 696 g/mol. The van der Waals surface area contributed by atoms with E-state index in [0.29, 0.717) is 18.8 Å². The van der Waals surface area contributed by atoms with Crippen LogP contribution in [-0.2, 0) is 28.5 Å². The summed E-state index contributed by atoms with van der Waals surface area (Å²) < 4.78 is 25.2. The maximum absolute atomic E-state index is 14.3. The fourth-order valence-electron chi connectivity index (χ4n) is 8.61. The van der Waals surface area contributed by atoms with Gasteiger partial charge >= 0.3 is 5.97 Å². The van der Waals surface area contributed by atoms with Crippen LogP contribution >= 0.6 is 0 Å². The second kappa shape index (κ2) is 19.1. The van der Waals surface area contributed by atoms with E-state index in [-0.39, 0.29) is 36.5 Å². The second-order valence-electron chi connectivity index (χ2n) is 16.9. The molecule has 0 unspecified atom stereocenters. The van der Waals surface area contributed by atoms with Crippen LogP contribution in [0.15, 0.2) is 0 Å². The predicted molar refractivity (Wildman–Crippen MR) is 194 cm³/mol. The molecule has 0 saturated carbocycles. The lowest BCUT2D eigenvalue weighted by Gasteiger charge is -2.47. The number of rotatable bonds is 12. The minimum absolute atomic E-state index is 0.0529. The first-order valence-corrected chi connectivity index (χ1v) is 19.4. The number of aliphatic hydroxyl groups excluding tert-OH is 1. The third kappa shape index (κ3) is 11.4. The third-order valence-corrected chi connectivity index (χ3v) is 11.9. The molecule has 0 aliphatic carbocycles. The molecule has 1 N–H and O–H groups in total. The zero-order valence-corrected chi connectivity index (χ0v) is 33.0.